The van der Waals surface area contributed by atoms with Gasteiger partial charge in [-0.25, -0.2) is 0 Å². The van der Waals surface area contributed by atoms with Crippen molar-refractivity contribution in [3.63, 3.8) is 0 Å². The zero-order valence-electron chi connectivity index (χ0n) is 11.1. The van der Waals surface area contributed by atoms with Crippen LogP contribution in [0.15, 0.2) is 18.2 Å². The van der Waals surface area contributed by atoms with E-state index in [1.165, 1.54) is 12.1 Å². The van der Waals surface area contributed by atoms with Crippen LogP contribution < -0.4 is 0 Å². The summed E-state index contributed by atoms with van der Waals surface area (Å²) in [4.78, 5) is 11.4. The van der Waals surface area contributed by atoms with Gasteiger partial charge < -0.3 is 4.74 Å². The van der Waals surface area contributed by atoms with Crippen LogP contribution in [0, 0.1) is 0 Å². The molecule has 0 aromatic heterocycles. The van der Waals surface area contributed by atoms with E-state index in [1.54, 1.807) is 0 Å². The van der Waals surface area contributed by atoms with Gasteiger partial charge >= 0.3 is 12.1 Å². The number of ether oxygens (including phenoxy) is 1. The number of hydrogen-bond donors (Lipinski definition) is 0. The first-order chi connectivity index (χ1) is 9.34. The van der Waals surface area contributed by atoms with Crippen molar-refractivity contribution in [2.24, 2.45) is 0 Å². The monoisotopic (exact) mass is 308 g/mol. The van der Waals surface area contributed by atoms with Crippen LogP contribution in [0.4, 0.5) is 13.2 Å². The van der Waals surface area contributed by atoms with Crippen molar-refractivity contribution in [1.29, 1.82) is 0 Å². The number of rotatable bonds is 6. The minimum absolute atomic E-state index is 0.130. The van der Waals surface area contributed by atoms with Gasteiger partial charge in [-0.15, -0.1) is 0 Å². The summed E-state index contributed by atoms with van der Waals surface area (Å²) in [6, 6.07) is 3.50. The predicted molar refractivity (Wildman–Crippen MR) is 70.6 cm³/mol. The number of benzene rings is 1. The fourth-order valence-corrected chi connectivity index (χ4v) is 1.90. The summed E-state index contributed by atoms with van der Waals surface area (Å²) in [5, 5.41) is -0.352. The number of esters is 1. The highest BCUT2D eigenvalue weighted by atomic mass is 35.5. The van der Waals surface area contributed by atoms with Crippen molar-refractivity contribution in [3.8, 4) is 0 Å². The molecule has 0 fully saturated rings. The normalized spacial score (nSPS) is 11.4. The van der Waals surface area contributed by atoms with Gasteiger partial charge in [-0.1, -0.05) is 31.0 Å². The summed E-state index contributed by atoms with van der Waals surface area (Å²) >= 11 is 5.60. The number of carbonyl (C=O) groups excluding carboxylic acids is 1. The lowest BCUT2D eigenvalue weighted by Gasteiger charge is -2.10. The molecule has 112 valence electrons. The van der Waals surface area contributed by atoms with Gasteiger partial charge in [0.05, 0.1) is 17.2 Å². The first-order valence-electron chi connectivity index (χ1n) is 6.36. The molecule has 0 bridgehead atoms. The fourth-order valence-electron chi connectivity index (χ4n) is 1.59. The SMILES string of the molecule is CCCCOC(=O)CCc1ccc(C(F)(F)F)c(Cl)c1. The van der Waals surface area contributed by atoms with Gasteiger partial charge in [-0.05, 0) is 30.5 Å². The summed E-state index contributed by atoms with van der Waals surface area (Å²) < 4.78 is 42.5. The van der Waals surface area contributed by atoms with Gasteiger partial charge in [0.2, 0.25) is 0 Å². The molecule has 0 atom stereocenters. The molecular formula is C14H16ClF3O2. The molecule has 1 aromatic carbocycles. The third kappa shape index (κ3) is 5.41. The van der Waals surface area contributed by atoms with E-state index in [0.717, 1.165) is 18.9 Å². The van der Waals surface area contributed by atoms with Gasteiger partial charge in [0.1, 0.15) is 0 Å². The Labute approximate surface area is 120 Å². The molecule has 2 nitrogen and oxygen atoms in total. The van der Waals surface area contributed by atoms with Crippen LogP contribution in [0.3, 0.4) is 0 Å². The third-order valence-electron chi connectivity index (χ3n) is 2.72. The van der Waals surface area contributed by atoms with Crippen LogP contribution in [0.25, 0.3) is 0 Å². The lowest BCUT2D eigenvalue weighted by molar-refractivity contribution is -0.143. The van der Waals surface area contributed by atoms with Gasteiger partial charge in [0.15, 0.2) is 0 Å². The Morgan fingerprint density at radius 3 is 2.60 bits per heavy atom. The quantitative estimate of drug-likeness (QED) is 0.565. The Morgan fingerprint density at radius 1 is 1.35 bits per heavy atom. The minimum atomic E-state index is -4.46. The summed E-state index contributed by atoms with van der Waals surface area (Å²) in [5.74, 6) is -0.352. The molecular weight excluding hydrogens is 293 g/mol. The molecule has 0 saturated heterocycles. The van der Waals surface area contributed by atoms with Crippen LogP contribution in [-0.2, 0) is 22.1 Å². The average molecular weight is 309 g/mol. The summed E-state index contributed by atoms with van der Waals surface area (Å²) in [6.07, 6.45) is -2.29. The molecule has 20 heavy (non-hydrogen) atoms. The highest BCUT2D eigenvalue weighted by Crippen LogP contribution is 2.35. The van der Waals surface area contributed by atoms with E-state index >= 15 is 0 Å². The first-order valence-corrected chi connectivity index (χ1v) is 6.73. The fraction of sp³-hybridized carbons (Fsp3) is 0.500. The molecule has 0 aliphatic rings. The zero-order chi connectivity index (χ0) is 15.2. The van der Waals surface area contributed by atoms with Crippen molar-refractivity contribution in [3.05, 3.63) is 34.3 Å². The minimum Gasteiger partial charge on any atom is -0.466 e. The molecule has 0 N–H and O–H groups in total. The van der Waals surface area contributed by atoms with E-state index in [9.17, 15) is 18.0 Å². The second-order valence-corrected chi connectivity index (χ2v) is 4.79. The van der Waals surface area contributed by atoms with E-state index in [0.29, 0.717) is 18.6 Å². The van der Waals surface area contributed by atoms with E-state index in [-0.39, 0.29) is 17.4 Å². The molecule has 0 amide bonds. The standard InChI is InChI=1S/C14H16ClF3O2/c1-2-3-8-20-13(19)7-5-10-4-6-11(12(15)9-10)14(16,17)18/h4,6,9H,2-3,5,7-8H2,1H3. The van der Waals surface area contributed by atoms with Crippen LogP contribution in [0.5, 0.6) is 0 Å². The molecule has 0 unspecified atom stereocenters. The number of carbonyl (C=O) groups is 1. The highest BCUT2D eigenvalue weighted by Gasteiger charge is 2.32. The number of alkyl halides is 3. The Kier molecular flexibility index (Phi) is 6.33. The van der Waals surface area contributed by atoms with E-state index in [1.807, 2.05) is 6.92 Å². The molecule has 0 spiro atoms. The Balaban J connectivity index is 2.54. The Hall–Kier alpha value is -1.23. The lowest BCUT2D eigenvalue weighted by Crippen LogP contribution is -2.08. The van der Waals surface area contributed by atoms with Crippen molar-refractivity contribution in [1.82, 2.24) is 0 Å². The van der Waals surface area contributed by atoms with E-state index in [2.05, 4.69) is 0 Å². The van der Waals surface area contributed by atoms with E-state index in [4.69, 9.17) is 16.3 Å². The number of hydrogen-bond acceptors (Lipinski definition) is 2. The van der Waals surface area contributed by atoms with Crippen molar-refractivity contribution < 1.29 is 22.7 Å². The number of halogens is 4. The zero-order valence-corrected chi connectivity index (χ0v) is 11.9. The van der Waals surface area contributed by atoms with Crippen molar-refractivity contribution >= 4 is 17.6 Å². The molecule has 0 heterocycles. The average Bonchev–Trinajstić information content (AvgIpc) is 2.35. The first kappa shape index (κ1) is 16.8. The molecule has 0 aliphatic carbocycles. The third-order valence-corrected chi connectivity index (χ3v) is 3.03. The maximum absolute atomic E-state index is 12.5. The smallest absolute Gasteiger partial charge is 0.417 e. The summed E-state index contributed by atoms with van der Waals surface area (Å²) in [7, 11) is 0. The van der Waals surface area contributed by atoms with Gasteiger partial charge in [0, 0.05) is 6.42 Å². The molecule has 1 aromatic rings. The van der Waals surface area contributed by atoms with Crippen molar-refractivity contribution in [2.45, 2.75) is 38.8 Å². The maximum Gasteiger partial charge on any atom is 0.417 e. The van der Waals surface area contributed by atoms with E-state index < -0.39 is 11.7 Å². The largest absolute Gasteiger partial charge is 0.466 e. The lowest BCUT2D eigenvalue weighted by atomic mass is 10.1. The Bertz CT molecular complexity index is 458. The predicted octanol–water partition coefficient (Wildman–Crippen LogP) is 4.63. The van der Waals surface area contributed by atoms with Crippen LogP contribution in [0.2, 0.25) is 5.02 Å². The van der Waals surface area contributed by atoms with Crippen LogP contribution in [-0.4, -0.2) is 12.6 Å². The molecule has 1 rings (SSSR count). The molecule has 0 radical (unpaired) electrons. The maximum atomic E-state index is 12.5. The van der Waals surface area contributed by atoms with Crippen LogP contribution >= 0.6 is 11.6 Å². The second-order valence-electron chi connectivity index (χ2n) is 4.39. The molecule has 6 heteroatoms. The summed E-state index contributed by atoms with van der Waals surface area (Å²) in [5.41, 5.74) is -0.288. The summed E-state index contributed by atoms with van der Waals surface area (Å²) in [6.45, 7) is 2.36. The van der Waals surface area contributed by atoms with Gasteiger partial charge in [-0.3, -0.25) is 4.79 Å². The number of unbranched alkanes of at least 4 members (excludes halogenated alkanes) is 1. The highest BCUT2D eigenvalue weighted by molar-refractivity contribution is 6.31. The second kappa shape index (κ2) is 7.53. The van der Waals surface area contributed by atoms with Crippen molar-refractivity contribution in [2.75, 3.05) is 6.61 Å². The topological polar surface area (TPSA) is 26.3 Å². The van der Waals surface area contributed by atoms with Crippen LogP contribution in [0.1, 0.15) is 37.3 Å². The Morgan fingerprint density at radius 2 is 2.05 bits per heavy atom. The molecule has 0 saturated carbocycles. The van der Waals surface area contributed by atoms with Gasteiger partial charge in [0.25, 0.3) is 0 Å². The van der Waals surface area contributed by atoms with Gasteiger partial charge in [-0.2, -0.15) is 13.2 Å². The molecule has 0 aliphatic heterocycles. The number of aryl methyl sites for hydroxylation is 1.